The molecule has 2 aromatic rings. The second kappa shape index (κ2) is 6.50. The number of benzene rings is 2. The van der Waals surface area contributed by atoms with E-state index in [2.05, 4.69) is 0 Å². The molecule has 2 rings (SSSR count). The number of aliphatic hydroxyl groups excluding tert-OH is 1. The predicted molar refractivity (Wildman–Crippen MR) is 75.1 cm³/mol. The van der Waals surface area contributed by atoms with E-state index in [0.717, 1.165) is 5.56 Å². The van der Waals surface area contributed by atoms with Crippen LogP contribution in [0.3, 0.4) is 0 Å². The standard InChI is InChI=1S/C15H12N2O4/c16-10-12-3-6-14(9-15(12)17(19)20)21-13-4-1-11(2-5-13)7-8-18/h1-6,9,18H,7-8H2. The molecule has 0 radical (unpaired) electrons. The Morgan fingerprint density at radius 3 is 2.43 bits per heavy atom. The van der Waals surface area contributed by atoms with Crippen molar-refractivity contribution in [1.29, 1.82) is 5.26 Å². The zero-order valence-electron chi connectivity index (χ0n) is 11.0. The number of hydrogen-bond acceptors (Lipinski definition) is 5. The molecule has 0 heterocycles. The highest BCUT2D eigenvalue weighted by atomic mass is 16.6. The van der Waals surface area contributed by atoms with Crippen LogP contribution in [0.5, 0.6) is 11.5 Å². The van der Waals surface area contributed by atoms with Gasteiger partial charge in [0, 0.05) is 6.61 Å². The number of rotatable bonds is 5. The highest BCUT2D eigenvalue weighted by molar-refractivity contribution is 5.53. The molecule has 0 aliphatic carbocycles. The summed E-state index contributed by atoms with van der Waals surface area (Å²) >= 11 is 0. The van der Waals surface area contributed by atoms with Crippen LogP contribution in [0.2, 0.25) is 0 Å². The molecule has 0 aliphatic rings. The summed E-state index contributed by atoms with van der Waals surface area (Å²) in [6.45, 7) is 0.0714. The lowest BCUT2D eigenvalue weighted by Crippen LogP contribution is -1.94. The third-order valence-electron chi connectivity index (χ3n) is 2.85. The Morgan fingerprint density at radius 2 is 1.86 bits per heavy atom. The fraction of sp³-hybridized carbons (Fsp3) is 0.133. The summed E-state index contributed by atoms with van der Waals surface area (Å²) in [5.41, 5.74) is 0.674. The molecule has 0 saturated carbocycles. The molecule has 0 aromatic heterocycles. The van der Waals surface area contributed by atoms with Crippen LogP contribution in [-0.2, 0) is 6.42 Å². The van der Waals surface area contributed by atoms with Gasteiger partial charge in [-0.3, -0.25) is 10.1 Å². The van der Waals surface area contributed by atoms with Gasteiger partial charge < -0.3 is 9.84 Å². The second-order valence-electron chi connectivity index (χ2n) is 4.27. The van der Waals surface area contributed by atoms with E-state index in [1.807, 2.05) is 12.1 Å². The van der Waals surface area contributed by atoms with Crippen molar-refractivity contribution in [2.24, 2.45) is 0 Å². The molecule has 0 spiro atoms. The lowest BCUT2D eigenvalue weighted by atomic mass is 10.1. The predicted octanol–water partition coefficient (Wildman–Crippen LogP) is 2.79. The molecule has 0 fully saturated rings. The maximum absolute atomic E-state index is 10.9. The normalized spacial score (nSPS) is 9.90. The Balaban J connectivity index is 2.21. The smallest absolute Gasteiger partial charge is 0.290 e. The van der Waals surface area contributed by atoms with Gasteiger partial charge in [-0.1, -0.05) is 12.1 Å². The van der Waals surface area contributed by atoms with Crippen molar-refractivity contribution >= 4 is 5.69 Å². The minimum atomic E-state index is -0.615. The molecular formula is C15H12N2O4. The Kier molecular flexibility index (Phi) is 4.49. The van der Waals surface area contributed by atoms with Crippen LogP contribution in [-0.4, -0.2) is 16.6 Å². The van der Waals surface area contributed by atoms with Crippen molar-refractivity contribution < 1.29 is 14.8 Å². The lowest BCUT2D eigenvalue weighted by Gasteiger charge is -2.07. The monoisotopic (exact) mass is 284 g/mol. The third kappa shape index (κ3) is 3.55. The molecule has 0 bridgehead atoms. The van der Waals surface area contributed by atoms with E-state index in [-0.39, 0.29) is 23.6 Å². The first-order chi connectivity index (χ1) is 10.1. The molecule has 21 heavy (non-hydrogen) atoms. The maximum Gasteiger partial charge on any atom is 0.290 e. The lowest BCUT2D eigenvalue weighted by molar-refractivity contribution is -0.385. The average molecular weight is 284 g/mol. The Labute approximate surface area is 121 Å². The maximum atomic E-state index is 10.9. The molecule has 0 aliphatic heterocycles. The number of nitro groups is 1. The van der Waals surface area contributed by atoms with Crippen molar-refractivity contribution in [1.82, 2.24) is 0 Å². The molecule has 1 N–H and O–H groups in total. The molecule has 6 heteroatoms. The Hall–Kier alpha value is -2.91. The van der Waals surface area contributed by atoms with E-state index in [1.165, 1.54) is 18.2 Å². The third-order valence-corrected chi connectivity index (χ3v) is 2.85. The first-order valence-electron chi connectivity index (χ1n) is 6.20. The van der Waals surface area contributed by atoms with Crippen LogP contribution < -0.4 is 4.74 Å². The van der Waals surface area contributed by atoms with Gasteiger partial charge in [-0.2, -0.15) is 5.26 Å². The minimum Gasteiger partial charge on any atom is -0.457 e. The van der Waals surface area contributed by atoms with E-state index in [0.29, 0.717) is 12.2 Å². The SMILES string of the molecule is N#Cc1ccc(Oc2ccc(CCO)cc2)cc1[N+](=O)[O-]. The van der Waals surface area contributed by atoms with Gasteiger partial charge in [-0.25, -0.2) is 0 Å². The number of nitriles is 1. The molecule has 0 atom stereocenters. The minimum absolute atomic E-state index is 0.00866. The van der Waals surface area contributed by atoms with E-state index >= 15 is 0 Å². The summed E-state index contributed by atoms with van der Waals surface area (Å²) in [6, 6.07) is 12.9. The Bertz CT molecular complexity index is 690. The highest BCUT2D eigenvalue weighted by Gasteiger charge is 2.15. The first-order valence-corrected chi connectivity index (χ1v) is 6.20. The van der Waals surface area contributed by atoms with Crippen LogP contribution in [0.4, 0.5) is 5.69 Å². The van der Waals surface area contributed by atoms with Crippen molar-refractivity contribution in [2.75, 3.05) is 6.61 Å². The molecule has 106 valence electrons. The van der Waals surface area contributed by atoms with Gasteiger partial charge in [0.05, 0.1) is 11.0 Å². The van der Waals surface area contributed by atoms with Gasteiger partial charge in [0.2, 0.25) is 0 Å². The van der Waals surface area contributed by atoms with Gasteiger partial charge in [-0.05, 0) is 36.2 Å². The van der Waals surface area contributed by atoms with E-state index in [9.17, 15) is 10.1 Å². The highest BCUT2D eigenvalue weighted by Crippen LogP contribution is 2.28. The van der Waals surface area contributed by atoms with Gasteiger partial charge in [-0.15, -0.1) is 0 Å². The molecule has 0 amide bonds. The summed E-state index contributed by atoms with van der Waals surface area (Å²) in [4.78, 5) is 10.3. The second-order valence-corrected chi connectivity index (χ2v) is 4.27. The fourth-order valence-corrected chi connectivity index (χ4v) is 1.81. The Morgan fingerprint density at radius 1 is 1.19 bits per heavy atom. The van der Waals surface area contributed by atoms with E-state index in [1.54, 1.807) is 18.2 Å². The van der Waals surface area contributed by atoms with Crippen molar-refractivity contribution in [3.05, 3.63) is 63.7 Å². The van der Waals surface area contributed by atoms with E-state index in [4.69, 9.17) is 15.1 Å². The molecule has 0 saturated heterocycles. The summed E-state index contributed by atoms with van der Waals surface area (Å²) in [5.74, 6) is 0.811. The number of nitro benzene ring substituents is 1. The summed E-state index contributed by atoms with van der Waals surface area (Å²) in [6.07, 6.45) is 0.558. The van der Waals surface area contributed by atoms with Gasteiger partial charge in [0.1, 0.15) is 23.1 Å². The van der Waals surface area contributed by atoms with Crippen molar-refractivity contribution in [3.8, 4) is 17.6 Å². The summed E-state index contributed by atoms with van der Waals surface area (Å²) < 4.78 is 5.53. The number of ether oxygens (including phenoxy) is 1. The van der Waals surface area contributed by atoms with Crippen LogP contribution in [0.15, 0.2) is 42.5 Å². The first kappa shape index (κ1) is 14.5. The van der Waals surface area contributed by atoms with Crippen LogP contribution in [0, 0.1) is 21.4 Å². The quantitative estimate of drug-likeness (QED) is 0.672. The number of aliphatic hydroxyl groups is 1. The number of hydrogen-bond donors (Lipinski definition) is 1. The summed E-state index contributed by atoms with van der Waals surface area (Å²) in [5, 5.41) is 28.5. The van der Waals surface area contributed by atoms with Crippen LogP contribution >= 0.6 is 0 Å². The van der Waals surface area contributed by atoms with Gasteiger partial charge in [0.15, 0.2) is 0 Å². The molecule has 2 aromatic carbocycles. The molecule has 6 nitrogen and oxygen atoms in total. The number of nitrogens with zero attached hydrogens (tertiary/aromatic N) is 2. The zero-order chi connectivity index (χ0) is 15.2. The van der Waals surface area contributed by atoms with Crippen LogP contribution in [0.25, 0.3) is 0 Å². The summed E-state index contributed by atoms with van der Waals surface area (Å²) in [7, 11) is 0. The largest absolute Gasteiger partial charge is 0.457 e. The average Bonchev–Trinajstić information content (AvgIpc) is 2.49. The molecule has 0 unspecified atom stereocenters. The van der Waals surface area contributed by atoms with Gasteiger partial charge in [0.25, 0.3) is 5.69 Å². The van der Waals surface area contributed by atoms with Crippen molar-refractivity contribution in [3.63, 3.8) is 0 Å². The van der Waals surface area contributed by atoms with Crippen molar-refractivity contribution in [2.45, 2.75) is 6.42 Å². The van der Waals surface area contributed by atoms with Crippen LogP contribution in [0.1, 0.15) is 11.1 Å². The van der Waals surface area contributed by atoms with Gasteiger partial charge >= 0.3 is 0 Å². The molecular weight excluding hydrogens is 272 g/mol. The zero-order valence-corrected chi connectivity index (χ0v) is 11.0. The van der Waals surface area contributed by atoms with E-state index < -0.39 is 4.92 Å². The fourth-order valence-electron chi connectivity index (χ4n) is 1.81. The topological polar surface area (TPSA) is 96.4 Å².